The van der Waals surface area contributed by atoms with E-state index in [1.54, 1.807) is 42.9 Å². The summed E-state index contributed by atoms with van der Waals surface area (Å²) in [5.41, 5.74) is 8.43. The first-order valence-corrected chi connectivity index (χ1v) is 7.86. The van der Waals surface area contributed by atoms with Crippen molar-refractivity contribution in [3.05, 3.63) is 76.6 Å². The van der Waals surface area contributed by atoms with E-state index in [9.17, 15) is 9.59 Å². The highest BCUT2D eigenvalue weighted by Crippen LogP contribution is 2.19. The zero-order valence-electron chi connectivity index (χ0n) is 13.6. The number of hydrogen-bond acceptors (Lipinski definition) is 5. The topological polar surface area (TPSA) is 120 Å². The van der Waals surface area contributed by atoms with E-state index < -0.39 is 5.91 Å². The Morgan fingerprint density at radius 3 is 2.77 bits per heavy atom. The number of H-pyrrole nitrogens is 1. The van der Waals surface area contributed by atoms with Crippen LogP contribution in [-0.4, -0.2) is 30.4 Å². The summed E-state index contributed by atoms with van der Waals surface area (Å²) in [7, 11) is 0. The van der Waals surface area contributed by atoms with E-state index in [0.29, 0.717) is 34.7 Å². The van der Waals surface area contributed by atoms with Crippen molar-refractivity contribution < 1.29 is 4.79 Å². The molecule has 0 saturated heterocycles. The number of fused-ring (bicyclic) bond motifs is 1. The molecule has 0 radical (unpaired) electrons. The molecule has 0 saturated carbocycles. The van der Waals surface area contributed by atoms with Gasteiger partial charge in [-0.15, -0.1) is 0 Å². The maximum atomic E-state index is 12.3. The van der Waals surface area contributed by atoms with Crippen molar-refractivity contribution in [2.75, 3.05) is 0 Å². The molecule has 128 valence electrons. The van der Waals surface area contributed by atoms with Gasteiger partial charge in [-0.2, -0.15) is 0 Å². The standard InChI is InChI=1S/C18H14N6O2/c19-15(25)13-3-1-2-12(8-13)14-9-21-16-17(22-14)24(18(26)23-16)10-11-4-6-20-7-5-11/h1-9H,10H2,(H2,19,25)(H,21,23,26). The van der Waals surface area contributed by atoms with Crippen LogP contribution in [0.1, 0.15) is 15.9 Å². The van der Waals surface area contributed by atoms with Gasteiger partial charge in [0.2, 0.25) is 5.91 Å². The second kappa shape index (κ2) is 6.25. The Hall–Kier alpha value is -3.81. The number of benzene rings is 1. The number of nitrogens with zero attached hydrogens (tertiary/aromatic N) is 4. The molecule has 26 heavy (non-hydrogen) atoms. The molecule has 3 N–H and O–H groups in total. The third-order valence-corrected chi connectivity index (χ3v) is 4.01. The Labute approximate surface area is 147 Å². The van der Waals surface area contributed by atoms with Crippen LogP contribution in [0.4, 0.5) is 0 Å². The van der Waals surface area contributed by atoms with Gasteiger partial charge < -0.3 is 5.73 Å². The van der Waals surface area contributed by atoms with Crippen molar-refractivity contribution in [1.29, 1.82) is 0 Å². The Kier molecular flexibility index (Phi) is 3.77. The van der Waals surface area contributed by atoms with E-state index in [1.165, 1.54) is 4.57 Å². The molecule has 8 heteroatoms. The summed E-state index contributed by atoms with van der Waals surface area (Å²) in [4.78, 5) is 39.2. The fourth-order valence-electron chi connectivity index (χ4n) is 2.71. The fraction of sp³-hybridized carbons (Fsp3) is 0.0556. The second-order valence-corrected chi connectivity index (χ2v) is 5.74. The molecule has 1 amide bonds. The lowest BCUT2D eigenvalue weighted by molar-refractivity contribution is 0.100. The first-order valence-electron chi connectivity index (χ1n) is 7.86. The van der Waals surface area contributed by atoms with Gasteiger partial charge in [0.1, 0.15) is 0 Å². The van der Waals surface area contributed by atoms with Gasteiger partial charge >= 0.3 is 5.69 Å². The van der Waals surface area contributed by atoms with Crippen molar-refractivity contribution in [2.45, 2.75) is 6.54 Å². The highest BCUT2D eigenvalue weighted by Gasteiger charge is 2.12. The molecule has 8 nitrogen and oxygen atoms in total. The molecule has 3 heterocycles. The van der Waals surface area contributed by atoms with Crippen LogP contribution in [0.15, 0.2) is 59.8 Å². The van der Waals surface area contributed by atoms with Crippen LogP contribution in [0.2, 0.25) is 0 Å². The van der Waals surface area contributed by atoms with E-state index in [4.69, 9.17) is 5.73 Å². The molecule has 0 fully saturated rings. The number of hydrogen-bond donors (Lipinski definition) is 2. The zero-order chi connectivity index (χ0) is 18.1. The predicted octanol–water partition coefficient (Wildman–Crippen LogP) is 1.33. The van der Waals surface area contributed by atoms with E-state index in [2.05, 4.69) is 19.9 Å². The number of nitrogens with two attached hydrogens (primary N) is 1. The van der Waals surface area contributed by atoms with E-state index in [1.807, 2.05) is 12.1 Å². The summed E-state index contributed by atoms with van der Waals surface area (Å²) in [5, 5.41) is 0. The number of carbonyl (C=O) groups is 1. The second-order valence-electron chi connectivity index (χ2n) is 5.74. The van der Waals surface area contributed by atoms with Gasteiger partial charge in [0, 0.05) is 23.5 Å². The van der Waals surface area contributed by atoms with Crippen LogP contribution in [0, 0.1) is 0 Å². The summed E-state index contributed by atoms with van der Waals surface area (Å²) in [5.74, 6) is -0.517. The predicted molar refractivity (Wildman–Crippen MR) is 95.4 cm³/mol. The summed E-state index contributed by atoms with van der Waals surface area (Å²) < 4.78 is 1.51. The van der Waals surface area contributed by atoms with Crippen molar-refractivity contribution >= 4 is 17.2 Å². The average Bonchev–Trinajstić information content (AvgIpc) is 2.97. The van der Waals surface area contributed by atoms with E-state index in [-0.39, 0.29) is 5.69 Å². The summed E-state index contributed by atoms with van der Waals surface area (Å²) in [6, 6.07) is 10.5. The zero-order valence-corrected chi connectivity index (χ0v) is 13.6. The van der Waals surface area contributed by atoms with Crippen LogP contribution < -0.4 is 11.4 Å². The number of primary amides is 1. The van der Waals surface area contributed by atoms with Crippen molar-refractivity contribution in [1.82, 2.24) is 24.5 Å². The monoisotopic (exact) mass is 346 g/mol. The maximum Gasteiger partial charge on any atom is 0.329 e. The smallest absolute Gasteiger partial charge is 0.329 e. The molecule has 0 atom stereocenters. The van der Waals surface area contributed by atoms with Crippen molar-refractivity contribution in [2.24, 2.45) is 5.73 Å². The minimum atomic E-state index is -0.517. The molecule has 0 bridgehead atoms. The van der Waals surface area contributed by atoms with Gasteiger partial charge in [-0.05, 0) is 29.8 Å². The quantitative estimate of drug-likeness (QED) is 0.578. The van der Waals surface area contributed by atoms with E-state index in [0.717, 1.165) is 5.56 Å². The Morgan fingerprint density at radius 2 is 2.00 bits per heavy atom. The molecule has 0 aliphatic carbocycles. The molecule has 0 aliphatic rings. The van der Waals surface area contributed by atoms with Gasteiger partial charge in [-0.3, -0.25) is 19.3 Å². The fourth-order valence-corrected chi connectivity index (χ4v) is 2.71. The third kappa shape index (κ3) is 2.84. The molecule has 4 rings (SSSR count). The number of rotatable bonds is 4. The van der Waals surface area contributed by atoms with Crippen LogP contribution in [0.5, 0.6) is 0 Å². The molecule has 4 aromatic rings. The minimum absolute atomic E-state index is 0.292. The summed E-state index contributed by atoms with van der Waals surface area (Å²) in [6.45, 7) is 0.348. The van der Waals surface area contributed by atoms with E-state index >= 15 is 0 Å². The van der Waals surface area contributed by atoms with Gasteiger partial charge in [0.05, 0.1) is 18.4 Å². The number of amides is 1. The Morgan fingerprint density at radius 1 is 1.19 bits per heavy atom. The Bertz CT molecular complexity index is 1160. The largest absolute Gasteiger partial charge is 0.366 e. The highest BCUT2D eigenvalue weighted by atomic mass is 16.1. The molecule has 0 aliphatic heterocycles. The molecule has 1 aromatic carbocycles. The van der Waals surface area contributed by atoms with Gasteiger partial charge in [-0.25, -0.2) is 14.8 Å². The summed E-state index contributed by atoms with van der Waals surface area (Å²) >= 11 is 0. The number of carbonyl (C=O) groups excluding carboxylic acids is 1. The number of pyridine rings is 1. The molecular formula is C18H14N6O2. The number of imidazole rings is 1. The van der Waals surface area contributed by atoms with Crippen LogP contribution in [0.3, 0.4) is 0 Å². The summed E-state index contributed by atoms with van der Waals surface area (Å²) in [6.07, 6.45) is 4.89. The van der Waals surface area contributed by atoms with Crippen LogP contribution in [-0.2, 0) is 6.54 Å². The minimum Gasteiger partial charge on any atom is -0.366 e. The van der Waals surface area contributed by atoms with Crippen molar-refractivity contribution in [3.8, 4) is 11.3 Å². The number of aromatic amines is 1. The highest BCUT2D eigenvalue weighted by molar-refractivity contribution is 5.94. The average molecular weight is 346 g/mol. The molecule has 0 spiro atoms. The molecular weight excluding hydrogens is 332 g/mol. The number of aromatic nitrogens is 5. The lowest BCUT2D eigenvalue weighted by Gasteiger charge is -2.05. The number of nitrogens with one attached hydrogen (secondary N) is 1. The van der Waals surface area contributed by atoms with Crippen molar-refractivity contribution in [3.63, 3.8) is 0 Å². The first kappa shape index (κ1) is 15.7. The normalized spacial score (nSPS) is 10.9. The van der Waals surface area contributed by atoms with Crippen LogP contribution in [0.25, 0.3) is 22.6 Å². The SMILES string of the molecule is NC(=O)c1cccc(-c2cnc3[nH]c(=O)n(Cc4ccncc4)c3n2)c1. The maximum absolute atomic E-state index is 12.3. The Balaban J connectivity index is 1.82. The van der Waals surface area contributed by atoms with Gasteiger partial charge in [0.15, 0.2) is 11.3 Å². The lowest BCUT2D eigenvalue weighted by Crippen LogP contribution is -2.17. The molecule has 0 unspecified atom stereocenters. The lowest BCUT2D eigenvalue weighted by atomic mass is 10.1. The van der Waals surface area contributed by atoms with Gasteiger partial charge in [0.25, 0.3) is 0 Å². The third-order valence-electron chi connectivity index (χ3n) is 4.01. The van der Waals surface area contributed by atoms with Gasteiger partial charge in [-0.1, -0.05) is 12.1 Å². The first-order chi connectivity index (χ1) is 12.6. The molecule has 3 aromatic heterocycles. The van der Waals surface area contributed by atoms with Crippen LogP contribution >= 0.6 is 0 Å².